The lowest BCUT2D eigenvalue weighted by Gasteiger charge is -1.97. The number of carbonyl (C=O) groups is 1. The van der Waals surface area contributed by atoms with Gasteiger partial charge in [-0.25, -0.2) is 9.78 Å². The number of aromatic nitrogens is 2. The molecule has 4 nitrogen and oxygen atoms in total. The molecular weight excluding hydrogens is 248 g/mol. The highest BCUT2D eigenvalue weighted by Crippen LogP contribution is 2.22. The second-order valence-electron chi connectivity index (χ2n) is 2.89. The van der Waals surface area contributed by atoms with E-state index in [9.17, 15) is 4.79 Å². The second kappa shape index (κ2) is 3.09. The largest absolute Gasteiger partial charge is 0.476 e. The topological polar surface area (TPSA) is 54.6 Å². The van der Waals surface area contributed by atoms with Crippen molar-refractivity contribution in [3.63, 3.8) is 0 Å². The molecule has 0 spiro atoms. The molecule has 0 saturated carbocycles. The molecule has 1 N–H and O–H groups in total. The SMILES string of the molecule is Cc1nc(C(=O)O)c2c(Br)cccn12. The normalized spacial score (nSPS) is 10.7. The van der Waals surface area contributed by atoms with Gasteiger partial charge in [-0.1, -0.05) is 0 Å². The monoisotopic (exact) mass is 254 g/mol. The molecule has 0 amide bonds. The highest BCUT2D eigenvalue weighted by Gasteiger charge is 2.16. The number of fused-ring (bicyclic) bond motifs is 1. The van der Waals surface area contributed by atoms with Crippen LogP contribution in [0.2, 0.25) is 0 Å². The molecule has 0 saturated heterocycles. The number of hydrogen-bond acceptors (Lipinski definition) is 2. The first kappa shape index (κ1) is 9.21. The van der Waals surface area contributed by atoms with E-state index in [0.29, 0.717) is 11.3 Å². The summed E-state index contributed by atoms with van der Waals surface area (Å²) in [6.07, 6.45) is 1.79. The predicted molar refractivity (Wildman–Crippen MR) is 54.6 cm³/mol. The molecule has 2 rings (SSSR count). The van der Waals surface area contributed by atoms with Gasteiger partial charge in [0.2, 0.25) is 0 Å². The third kappa shape index (κ3) is 1.21. The van der Waals surface area contributed by atoms with Crippen molar-refractivity contribution in [2.75, 3.05) is 0 Å². The van der Waals surface area contributed by atoms with E-state index in [1.165, 1.54) is 0 Å². The summed E-state index contributed by atoms with van der Waals surface area (Å²) >= 11 is 3.31. The van der Waals surface area contributed by atoms with Crippen LogP contribution in [0.5, 0.6) is 0 Å². The number of aryl methyl sites for hydroxylation is 1. The summed E-state index contributed by atoms with van der Waals surface area (Å²) < 4.78 is 2.48. The number of aromatic carboxylic acids is 1. The average Bonchev–Trinajstić information content (AvgIpc) is 2.46. The molecule has 2 aromatic heterocycles. The summed E-state index contributed by atoms with van der Waals surface area (Å²) in [5.74, 6) is -0.346. The van der Waals surface area contributed by atoms with Gasteiger partial charge in [0, 0.05) is 10.7 Å². The minimum absolute atomic E-state index is 0.0787. The fourth-order valence-electron chi connectivity index (χ4n) is 1.40. The van der Waals surface area contributed by atoms with Crippen molar-refractivity contribution in [2.45, 2.75) is 6.92 Å². The Morgan fingerprint density at radius 2 is 2.36 bits per heavy atom. The zero-order valence-electron chi connectivity index (χ0n) is 7.36. The number of hydrogen-bond donors (Lipinski definition) is 1. The van der Waals surface area contributed by atoms with Crippen LogP contribution in [-0.2, 0) is 0 Å². The number of imidazole rings is 1. The molecule has 5 heteroatoms. The molecule has 0 aliphatic carbocycles. The van der Waals surface area contributed by atoms with Crippen molar-refractivity contribution in [1.82, 2.24) is 9.38 Å². The van der Waals surface area contributed by atoms with Crippen molar-refractivity contribution < 1.29 is 9.90 Å². The summed E-state index contributed by atoms with van der Waals surface area (Å²) in [5, 5.41) is 8.92. The van der Waals surface area contributed by atoms with E-state index in [1.54, 1.807) is 23.6 Å². The Hall–Kier alpha value is -1.36. The number of halogens is 1. The summed E-state index contributed by atoms with van der Waals surface area (Å²) in [4.78, 5) is 14.9. The van der Waals surface area contributed by atoms with Gasteiger partial charge in [-0.05, 0) is 35.0 Å². The molecule has 2 aromatic rings. The lowest BCUT2D eigenvalue weighted by Crippen LogP contribution is -1.97. The van der Waals surface area contributed by atoms with Crippen LogP contribution >= 0.6 is 15.9 Å². The van der Waals surface area contributed by atoms with E-state index in [4.69, 9.17) is 5.11 Å². The fraction of sp³-hybridized carbons (Fsp3) is 0.111. The molecule has 0 bridgehead atoms. The van der Waals surface area contributed by atoms with Gasteiger partial charge in [0.15, 0.2) is 5.69 Å². The predicted octanol–water partition coefficient (Wildman–Crippen LogP) is 2.10. The maximum Gasteiger partial charge on any atom is 0.356 e. The third-order valence-electron chi connectivity index (χ3n) is 1.99. The lowest BCUT2D eigenvalue weighted by molar-refractivity contribution is 0.0693. The average molecular weight is 255 g/mol. The summed E-state index contributed by atoms with van der Waals surface area (Å²) in [5.41, 5.74) is 0.674. The van der Waals surface area contributed by atoms with Crippen LogP contribution in [0.4, 0.5) is 0 Å². The molecule has 0 aliphatic rings. The van der Waals surface area contributed by atoms with E-state index in [1.807, 2.05) is 6.07 Å². The van der Waals surface area contributed by atoms with E-state index in [0.717, 1.165) is 4.47 Å². The van der Waals surface area contributed by atoms with Gasteiger partial charge in [-0.3, -0.25) is 0 Å². The molecular formula is C9H7BrN2O2. The first-order chi connectivity index (χ1) is 6.61. The van der Waals surface area contributed by atoms with Crippen molar-refractivity contribution in [3.05, 3.63) is 34.3 Å². The summed E-state index contributed by atoms with van der Waals surface area (Å²) in [6.45, 7) is 1.77. The van der Waals surface area contributed by atoms with Crippen LogP contribution in [0.25, 0.3) is 5.52 Å². The van der Waals surface area contributed by atoms with Crippen molar-refractivity contribution in [3.8, 4) is 0 Å². The second-order valence-corrected chi connectivity index (χ2v) is 3.74. The fourth-order valence-corrected chi connectivity index (χ4v) is 1.93. The molecule has 14 heavy (non-hydrogen) atoms. The van der Waals surface area contributed by atoms with E-state index in [-0.39, 0.29) is 5.69 Å². The number of nitrogens with zero attached hydrogens (tertiary/aromatic N) is 2. The number of rotatable bonds is 1. The van der Waals surface area contributed by atoms with Gasteiger partial charge < -0.3 is 9.51 Å². The van der Waals surface area contributed by atoms with Crippen LogP contribution < -0.4 is 0 Å². The minimum Gasteiger partial charge on any atom is -0.476 e. The van der Waals surface area contributed by atoms with Gasteiger partial charge in [0.05, 0.1) is 5.52 Å². The smallest absolute Gasteiger partial charge is 0.356 e. The highest BCUT2D eigenvalue weighted by atomic mass is 79.9. The molecule has 0 atom stereocenters. The summed E-state index contributed by atoms with van der Waals surface area (Å²) in [6, 6.07) is 3.63. The zero-order chi connectivity index (χ0) is 10.3. The maximum atomic E-state index is 10.9. The van der Waals surface area contributed by atoms with E-state index in [2.05, 4.69) is 20.9 Å². The van der Waals surface area contributed by atoms with Crippen molar-refractivity contribution in [1.29, 1.82) is 0 Å². The molecule has 0 radical (unpaired) electrons. The van der Waals surface area contributed by atoms with Crippen molar-refractivity contribution >= 4 is 27.4 Å². The van der Waals surface area contributed by atoms with Gasteiger partial charge >= 0.3 is 5.97 Å². The van der Waals surface area contributed by atoms with E-state index < -0.39 is 5.97 Å². The number of carboxylic acid groups (broad SMARTS) is 1. The Labute approximate surface area is 88.3 Å². The Bertz CT molecular complexity index is 519. The molecule has 0 aliphatic heterocycles. The highest BCUT2D eigenvalue weighted by molar-refractivity contribution is 9.10. The standard InChI is InChI=1S/C9H7BrN2O2/c1-5-11-7(9(13)14)8-6(10)3-2-4-12(5)8/h2-4H,1H3,(H,13,14). The van der Waals surface area contributed by atoms with Gasteiger partial charge in [-0.2, -0.15) is 0 Å². The van der Waals surface area contributed by atoms with E-state index >= 15 is 0 Å². The Kier molecular flexibility index (Phi) is 2.03. The van der Waals surface area contributed by atoms with Crippen molar-refractivity contribution in [2.24, 2.45) is 0 Å². The molecule has 0 aromatic carbocycles. The van der Waals surface area contributed by atoms with Gasteiger partial charge in [0.1, 0.15) is 5.82 Å². The molecule has 72 valence electrons. The quantitative estimate of drug-likeness (QED) is 0.848. The summed E-state index contributed by atoms with van der Waals surface area (Å²) in [7, 11) is 0. The lowest BCUT2D eigenvalue weighted by atomic mass is 10.3. The maximum absolute atomic E-state index is 10.9. The third-order valence-corrected chi connectivity index (χ3v) is 2.63. The minimum atomic E-state index is -1.01. The first-order valence-electron chi connectivity index (χ1n) is 3.97. The first-order valence-corrected chi connectivity index (χ1v) is 4.77. The Morgan fingerprint density at radius 1 is 1.64 bits per heavy atom. The van der Waals surface area contributed by atoms with Crippen LogP contribution in [0, 0.1) is 6.92 Å². The molecule has 0 fully saturated rings. The zero-order valence-corrected chi connectivity index (χ0v) is 8.95. The Morgan fingerprint density at radius 3 is 3.00 bits per heavy atom. The van der Waals surface area contributed by atoms with Crippen LogP contribution in [0.1, 0.15) is 16.3 Å². The van der Waals surface area contributed by atoms with Gasteiger partial charge in [-0.15, -0.1) is 0 Å². The molecule has 0 unspecified atom stereocenters. The Balaban J connectivity index is 2.93. The molecule has 2 heterocycles. The van der Waals surface area contributed by atoms with Gasteiger partial charge in [0.25, 0.3) is 0 Å². The number of pyridine rings is 1. The van der Waals surface area contributed by atoms with Crippen LogP contribution in [0.15, 0.2) is 22.8 Å². The van der Waals surface area contributed by atoms with Crippen LogP contribution in [-0.4, -0.2) is 20.5 Å². The number of carboxylic acids is 1. The van der Waals surface area contributed by atoms with Crippen LogP contribution in [0.3, 0.4) is 0 Å².